The molecule has 0 aliphatic heterocycles. The molecule has 2 aromatic carbocycles. The van der Waals surface area contributed by atoms with Crippen LogP contribution >= 0.6 is 11.6 Å². The van der Waals surface area contributed by atoms with Gasteiger partial charge in [0, 0.05) is 22.7 Å². The monoisotopic (exact) mass is 288 g/mol. The molecule has 0 unspecified atom stereocenters. The zero-order chi connectivity index (χ0) is 14.1. The maximum atomic E-state index is 6.01. The number of H-pyrrole nitrogens is 1. The fraction of sp³-hybridized carbons (Fsp3) is 0.133. The molecule has 1 N–H and O–H groups in total. The highest BCUT2D eigenvalue weighted by Crippen LogP contribution is 2.32. The zero-order valence-corrected chi connectivity index (χ0v) is 11.9. The summed E-state index contributed by atoms with van der Waals surface area (Å²) in [7, 11) is 3.21. The minimum atomic E-state index is 0.657. The van der Waals surface area contributed by atoms with Crippen molar-refractivity contribution < 1.29 is 9.47 Å². The first kappa shape index (κ1) is 12.8. The summed E-state index contributed by atoms with van der Waals surface area (Å²) in [6.07, 6.45) is 0. The van der Waals surface area contributed by atoms with E-state index in [1.807, 2.05) is 36.4 Å². The maximum Gasteiger partial charge on any atom is 0.163 e. The van der Waals surface area contributed by atoms with E-state index in [0.29, 0.717) is 16.5 Å². The Hall–Kier alpha value is -2.20. The molecule has 0 radical (unpaired) electrons. The second-order valence-electron chi connectivity index (χ2n) is 4.32. The number of hydrogen-bond donors (Lipinski definition) is 1. The van der Waals surface area contributed by atoms with Crippen LogP contribution in [0.4, 0.5) is 0 Å². The van der Waals surface area contributed by atoms with Gasteiger partial charge in [-0.2, -0.15) is 0 Å². The van der Waals surface area contributed by atoms with E-state index < -0.39 is 0 Å². The van der Waals surface area contributed by atoms with Crippen molar-refractivity contribution in [2.45, 2.75) is 0 Å². The Morgan fingerprint density at radius 1 is 1.05 bits per heavy atom. The van der Waals surface area contributed by atoms with E-state index in [0.717, 1.165) is 22.4 Å². The second-order valence-corrected chi connectivity index (χ2v) is 4.76. The van der Waals surface area contributed by atoms with Crippen LogP contribution in [-0.4, -0.2) is 24.2 Å². The van der Waals surface area contributed by atoms with E-state index in [4.69, 9.17) is 21.1 Å². The van der Waals surface area contributed by atoms with Crippen LogP contribution in [0.2, 0.25) is 5.02 Å². The molecule has 0 aliphatic carbocycles. The molecule has 0 aliphatic rings. The molecule has 102 valence electrons. The average Bonchev–Trinajstić information content (AvgIpc) is 2.88. The van der Waals surface area contributed by atoms with Crippen LogP contribution in [0.5, 0.6) is 11.5 Å². The molecule has 0 fully saturated rings. The van der Waals surface area contributed by atoms with Gasteiger partial charge < -0.3 is 14.5 Å². The van der Waals surface area contributed by atoms with Crippen molar-refractivity contribution in [1.82, 2.24) is 9.97 Å². The number of imidazole rings is 1. The normalized spacial score (nSPS) is 10.8. The molecule has 20 heavy (non-hydrogen) atoms. The number of halogens is 1. The highest BCUT2D eigenvalue weighted by molar-refractivity contribution is 6.30. The SMILES string of the molecule is COc1cc2nc(-c3cccc(Cl)c3)[nH]c2cc1OC. The number of methoxy groups -OCH3 is 2. The second kappa shape index (κ2) is 5.06. The molecule has 1 aromatic heterocycles. The summed E-state index contributed by atoms with van der Waals surface area (Å²) in [6.45, 7) is 0. The lowest BCUT2D eigenvalue weighted by Crippen LogP contribution is -1.89. The van der Waals surface area contributed by atoms with Gasteiger partial charge in [-0.1, -0.05) is 23.7 Å². The number of rotatable bonds is 3. The molecule has 1 heterocycles. The molecular weight excluding hydrogens is 276 g/mol. The summed E-state index contributed by atoms with van der Waals surface area (Å²) < 4.78 is 10.6. The maximum absolute atomic E-state index is 6.01. The molecule has 0 saturated heterocycles. The highest BCUT2D eigenvalue weighted by atomic mass is 35.5. The Labute approximate surface area is 121 Å². The van der Waals surface area contributed by atoms with Crippen LogP contribution in [0.25, 0.3) is 22.4 Å². The lowest BCUT2D eigenvalue weighted by Gasteiger charge is -2.06. The lowest BCUT2D eigenvalue weighted by molar-refractivity contribution is 0.356. The minimum absolute atomic E-state index is 0.657. The summed E-state index contributed by atoms with van der Waals surface area (Å²) in [6, 6.07) is 11.3. The van der Waals surface area contributed by atoms with Crippen molar-refractivity contribution in [2.24, 2.45) is 0 Å². The van der Waals surface area contributed by atoms with Gasteiger partial charge in [0.05, 0.1) is 25.3 Å². The van der Waals surface area contributed by atoms with Crippen LogP contribution in [0.15, 0.2) is 36.4 Å². The summed E-state index contributed by atoms with van der Waals surface area (Å²) in [4.78, 5) is 7.82. The third kappa shape index (κ3) is 2.18. The first-order chi connectivity index (χ1) is 9.71. The summed E-state index contributed by atoms with van der Waals surface area (Å²) in [5.41, 5.74) is 2.64. The molecule has 3 rings (SSSR count). The van der Waals surface area contributed by atoms with E-state index in [1.165, 1.54) is 0 Å². The predicted octanol–water partition coefficient (Wildman–Crippen LogP) is 3.90. The minimum Gasteiger partial charge on any atom is -0.493 e. The molecule has 0 bridgehead atoms. The Balaban J connectivity index is 2.15. The van der Waals surface area contributed by atoms with Gasteiger partial charge in [-0.25, -0.2) is 4.98 Å². The van der Waals surface area contributed by atoms with Crippen LogP contribution in [0.3, 0.4) is 0 Å². The van der Waals surface area contributed by atoms with Gasteiger partial charge in [0.1, 0.15) is 5.82 Å². The summed E-state index contributed by atoms with van der Waals surface area (Å²) >= 11 is 6.01. The molecule has 4 nitrogen and oxygen atoms in total. The molecule has 0 atom stereocenters. The molecule has 5 heteroatoms. The Morgan fingerprint density at radius 3 is 2.50 bits per heavy atom. The Bertz CT molecular complexity index is 727. The van der Waals surface area contributed by atoms with Crippen molar-refractivity contribution in [3.8, 4) is 22.9 Å². The zero-order valence-electron chi connectivity index (χ0n) is 11.1. The van der Waals surface area contributed by atoms with Gasteiger partial charge in [0.25, 0.3) is 0 Å². The van der Waals surface area contributed by atoms with Crippen molar-refractivity contribution in [1.29, 1.82) is 0 Å². The summed E-state index contributed by atoms with van der Waals surface area (Å²) in [5.74, 6) is 2.09. The third-order valence-electron chi connectivity index (χ3n) is 3.09. The van der Waals surface area contributed by atoms with Crippen molar-refractivity contribution in [2.75, 3.05) is 14.2 Å². The first-order valence-electron chi connectivity index (χ1n) is 6.09. The first-order valence-corrected chi connectivity index (χ1v) is 6.46. The van der Waals surface area contributed by atoms with Gasteiger partial charge in [0.15, 0.2) is 11.5 Å². The third-order valence-corrected chi connectivity index (χ3v) is 3.32. The number of nitrogens with zero attached hydrogens (tertiary/aromatic N) is 1. The molecular formula is C15H13ClN2O2. The standard InChI is InChI=1S/C15H13ClN2O2/c1-19-13-7-11-12(8-14(13)20-2)18-15(17-11)9-4-3-5-10(16)6-9/h3-8H,1-2H3,(H,17,18). The topological polar surface area (TPSA) is 47.1 Å². The summed E-state index contributed by atoms with van der Waals surface area (Å²) in [5, 5.41) is 0.679. The van der Waals surface area contributed by atoms with Gasteiger partial charge in [-0.05, 0) is 12.1 Å². The molecule has 3 aromatic rings. The fourth-order valence-corrected chi connectivity index (χ4v) is 2.30. The smallest absolute Gasteiger partial charge is 0.163 e. The van der Waals surface area contributed by atoms with Crippen LogP contribution in [0.1, 0.15) is 0 Å². The van der Waals surface area contributed by atoms with Gasteiger partial charge in [-0.15, -0.1) is 0 Å². The highest BCUT2D eigenvalue weighted by Gasteiger charge is 2.11. The van der Waals surface area contributed by atoms with E-state index in [9.17, 15) is 0 Å². The Kier molecular flexibility index (Phi) is 3.24. The number of ether oxygens (including phenoxy) is 2. The number of aromatic amines is 1. The lowest BCUT2D eigenvalue weighted by atomic mass is 10.2. The number of benzene rings is 2. The van der Waals surface area contributed by atoms with Gasteiger partial charge in [0.2, 0.25) is 0 Å². The van der Waals surface area contributed by atoms with Crippen molar-refractivity contribution >= 4 is 22.6 Å². The number of hydrogen-bond acceptors (Lipinski definition) is 3. The van der Waals surface area contributed by atoms with Crippen molar-refractivity contribution in [3.63, 3.8) is 0 Å². The average molecular weight is 289 g/mol. The number of nitrogens with one attached hydrogen (secondary N) is 1. The molecule has 0 saturated carbocycles. The fourth-order valence-electron chi connectivity index (χ4n) is 2.11. The molecule has 0 amide bonds. The van der Waals surface area contributed by atoms with Crippen LogP contribution in [-0.2, 0) is 0 Å². The number of fused-ring (bicyclic) bond motifs is 1. The van der Waals surface area contributed by atoms with E-state index in [-0.39, 0.29) is 0 Å². The largest absolute Gasteiger partial charge is 0.493 e. The van der Waals surface area contributed by atoms with Crippen LogP contribution in [0, 0.1) is 0 Å². The van der Waals surface area contributed by atoms with Crippen molar-refractivity contribution in [3.05, 3.63) is 41.4 Å². The van der Waals surface area contributed by atoms with Crippen LogP contribution < -0.4 is 9.47 Å². The van der Waals surface area contributed by atoms with Gasteiger partial charge >= 0.3 is 0 Å². The molecule has 0 spiro atoms. The van der Waals surface area contributed by atoms with E-state index in [2.05, 4.69) is 9.97 Å². The van der Waals surface area contributed by atoms with E-state index >= 15 is 0 Å². The number of aromatic nitrogens is 2. The predicted molar refractivity (Wildman–Crippen MR) is 79.6 cm³/mol. The van der Waals surface area contributed by atoms with Gasteiger partial charge in [-0.3, -0.25) is 0 Å². The Morgan fingerprint density at radius 2 is 1.80 bits per heavy atom. The van der Waals surface area contributed by atoms with E-state index in [1.54, 1.807) is 14.2 Å². The quantitative estimate of drug-likeness (QED) is 0.795.